The van der Waals surface area contributed by atoms with E-state index in [-0.39, 0.29) is 0 Å². The lowest BCUT2D eigenvalue weighted by Crippen LogP contribution is -2.11. The van der Waals surface area contributed by atoms with Crippen molar-refractivity contribution in [3.63, 3.8) is 0 Å². The lowest BCUT2D eigenvalue weighted by molar-refractivity contribution is 0.466. The standard InChI is InChI=1S/C8H14/c1-7-4-3-5-8(2)6-7/h3,6-8H,4-5H2,1-2H3. The second kappa shape index (κ2) is 2.52. The first-order valence-electron chi connectivity index (χ1n) is 3.45. The van der Waals surface area contributed by atoms with Crippen LogP contribution in [0.5, 0.6) is 0 Å². The minimum Gasteiger partial charge on any atom is -0.0622 e. The predicted molar refractivity (Wildman–Crippen MR) is 36.2 cm³/mol. The lowest BCUT2D eigenvalue weighted by atomic mass is 9.84. The molecular formula is C8H14. The summed E-state index contributed by atoms with van der Waals surface area (Å²) >= 11 is 0. The molecule has 2 unspecified atom stereocenters. The molecule has 1 aliphatic rings. The summed E-state index contributed by atoms with van der Waals surface area (Å²) in [4.78, 5) is 0. The molecule has 0 aliphatic heterocycles. The molecule has 0 aromatic rings. The van der Waals surface area contributed by atoms with Crippen molar-refractivity contribution in [2.75, 3.05) is 0 Å². The molecule has 1 fully saturated rings. The van der Waals surface area contributed by atoms with Crippen molar-refractivity contribution in [2.24, 2.45) is 11.8 Å². The van der Waals surface area contributed by atoms with Crippen LogP contribution in [0.3, 0.4) is 0 Å². The maximum Gasteiger partial charge on any atom is -0.0329 e. The van der Waals surface area contributed by atoms with Gasteiger partial charge in [0.05, 0.1) is 0 Å². The van der Waals surface area contributed by atoms with Crippen LogP contribution in [0.1, 0.15) is 26.7 Å². The third kappa shape index (κ3) is 1.50. The van der Waals surface area contributed by atoms with Gasteiger partial charge in [0.1, 0.15) is 0 Å². The van der Waals surface area contributed by atoms with Gasteiger partial charge < -0.3 is 0 Å². The van der Waals surface area contributed by atoms with Crippen molar-refractivity contribution < 1.29 is 0 Å². The van der Waals surface area contributed by atoms with Gasteiger partial charge in [0.2, 0.25) is 0 Å². The zero-order valence-corrected chi connectivity index (χ0v) is 5.72. The van der Waals surface area contributed by atoms with Gasteiger partial charge in [-0.1, -0.05) is 13.8 Å². The first kappa shape index (κ1) is 6.12. The molecule has 0 spiro atoms. The van der Waals surface area contributed by atoms with E-state index in [0.29, 0.717) is 0 Å². The molecule has 0 heteroatoms. The highest BCUT2D eigenvalue weighted by Gasteiger charge is 2.14. The maximum atomic E-state index is 2.44. The van der Waals surface area contributed by atoms with Crippen molar-refractivity contribution in [3.8, 4) is 0 Å². The van der Waals surface area contributed by atoms with Crippen LogP contribution in [0, 0.1) is 24.7 Å². The van der Waals surface area contributed by atoms with E-state index < -0.39 is 0 Å². The molecule has 0 aromatic carbocycles. The Kier molecular flexibility index (Phi) is 1.93. The summed E-state index contributed by atoms with van der Waals surface area (Å²) in [5.74, 6) is 1.66. The minimum atomic E-state index is 0.832. The molecule has 1 aliphatic carbocycles. The molecule has 0 amide bonds. The number of hydrogen-bond acceptors (Lipinski definition) is 0. The van der Waals surface area contributed by atoms with Gasteiger partial charge in [0.15, 0.2) is 0 Å². The van der Waals surface area contributed by atoms with E-state index in [1.165, 1.54) is 12.8 Å². The Hall–Kier alpha value is 0. The minimum absolute atomic E-state index is 0.832. The van der Waals surface area contributed by atoms with E-state index >= 15 is 0 Å². The molecule has 2 radical (unpaired) electrons. The van der Waals surface area contributed by atoms with Crippen LogP contribution in [-0.2, 0) is 0 Å². The molecule has 0 aromatic heterocycles. The van der Waals surface area contributed by atoms with E-state index in [9.17, 15) is 0 Å². The molecule has 0 saturated heterocycles. The Labute approximate surface area is 52.3 Å². The zero-order valence-electron chi connectivity index (χ0n) is 5.72. The third-order valence-electron chi connectivity index (χ3n) is 1.73. The summed E-state index contributed by atoms with van der Waals surface area (Å²) < 4.78 is 0. The highest BCUT2D eigenvalue weighted by Crippen LogP contribution is 2.25. The predicted octanol–water partition coefficient (Wildman–Crippen LogP) is 2.46. The van der Waals surface area contributed by atoms with Gasteiger partial charge in [-0.3, -0.25) is 0 Å². The monoisotopic (exact) mass is 110 g/mol. The molecule has 0 heterocycles. The fourth-order valence-corrected chi connectivity index (χ4v) is 1.34. The van der Waals surface area contributed by atoms with Crippen LogP contribution in [0.15, 0.2) is 0 Å². The summed E-state index contributed by atoms with van der Waals surface area (Å²) in [7, 11) is 0. The van der Waals surface area contributed by atoms with Crippen LogP contribution in [0.4, 0.5) is 0 Å². The zero-order chi connectivity index (χ0) is 5.98. The smallest absolute Gasteiger partial charge is 0.0329 e. The van der Waals surface area contributed by atoms with Gasteiger partial charge in [0.25, 0.3) is 0 Å². The van der Waals surface area contributed by atoms with Crippen LogP contribution >= 0.6 is 0 Å². The Morgan fingerprint density at radius 1 is 1.12 bits per heavy atom. The van der Waals surface area contributed by atoms with E-state index in [1.54, 1.807) is 0 Å². The van der Waals surface area contributed by atoms with Crippen LogP contribution in [0.25, 0.3) is 0 Å². The summed E-state index contributed by atoms with van der Waals surface area (Å²) in [6.07, 6.45) is 7.43. The van der Waals surface area contributed by atoms with Crippen molar-refractivity contribution in [3.05, 3.63) is 12.8 Å². The Morgan fingerprint density at radius 2 is 1.62 bits per heavy atom. The normalized spacial score (nSPS) is 39.8. The molecule has 1 rings (SSSR count). The summed E-state index contributed by atoms with van der Waals surface area (Å²) in [5.41, 5.74) is 0. The van der Waals surface area contributed by atoms with Gasteiger partial charge in [-0.15, -0.1) is 0 Å². The Balaban J connectivity index is 2.23. The molecule has 8 heavy (non-hydrogen) atoms. The topological polar surface area (TPSA) is 0 Å². The van der Waals surface area contributed by atoms with Gasteiger partial charge >= 0.3 is 0 Å². The van der Waals surface area contributed by atoms with Crippen molar-refractivity contribution in [1.29, 1.82) is 0 Å². The van der Waals surface area contributed by atoms with Crippen molar-refractivity contribution >= 4 is 0 Å². The molecule has 0 bridgehead atoms. The molecule has 0 nitrogen and oxygen atoms in total. The average molecular weight is 110 g/mol. The van der Waals surface area contributed by atoms with Crippen LogP contribution in [0.2, 0.25) is 0 Å². The van der Waals surface area contributed by atoms with Crippen molar-refractivity contribution in [2.45, 2.75) is 26.7 Å². The van der Waals surface area contributed by atoms with Crippen LogP contribution < -0.4 is 0 Å². The summed E-state index contributed by atoms with van der Waals surface area (Å²) in [6, 6.07) is 0. The maximum absolute atomic E-state index is 2.44. The van der Waals surface area contributed by atoms with E-state index in [4.69, 9.17) is 0 Å². The number of rotatable bonds is 0. The van der Waals surface area contributed by atoms with E-state index in [0.717, 1.165) is 11.8 Å². The fraction of sp³-hybridized carbons (Fsp3) is 0.750. The van der Waals surface area contributed by atoms with Gasteiger partial charge in [-0.05, 0) is 37.5 Å². The third-order valence-corrected chi connectivity index (χ3v) is 1.73. The van der Waals surface area contributed by atoms with Gasteiger partial charge in [-0.25, -0.2) is 0 Å². The molecule has 46 valence electrons. The second-order valence-electron chi connectivity index (χ2n) is 2.91. The van der Waals surface area contributed by atoms with Gasteiger partial charge in [-0.2, -0.15) is 0 Å². The molecular weight excluding hydrogens is 96.1 g/mol. The Morgan fingerprint density at radius 3 is 1.88 bits per heavy atom. The highest BCUT2D eigenvalue weighted by molar-refractivity contribution is 4.90. The second-order valence-corrected chi connectivity index (χ2v) is 2.91. The molecule has 2 atom stereocenters. The molecule has 1 saturated carbocycles. The van der Waals surface area contributed by atoms with Crippen LogP contribution in [-0.4, -0.2) is 0 Å². The Bertz CT molecular complexity index is 58.4. The number of hydrogen-bond donors (Lipinski definition) is 0. The fourth-order valence-electron chi connectivity index (χ4n) is 1.34. The van der Waals surface area contributed by atoms with E-state index in [1.807, 2.05) is 0 Å². The average Bonchev–Trinajstić information content (AvgIpc) is 1.64. The molecule has 0 N–H and O–H groups in total. The summed E-state index contributed by atoms with van der Waals surface area (Å²) in [5, 5.41) is 0. The van der Waals surface area contributed by atoms with Gasteiger partial charge in [0, 0.05) is 0 Å². The first-order valence-corrected chi connectivity index (χ1v) is 3.45. The quantitative estimate of drug-likeness (QED) is 0.449. The lowest BCUT2D eigenvalue weighted by Gasteiger charge is -2.22. The SMILES string of the molecule is CC1[CH]C(C)C[CH]C1. The summed E-state index contributed by atoms with van der Waals surface area (Å²) in [6.45, 7) is 4.57. The van der Waals surface area contributed by atoms with E-state index in [2.05, 4.69) is 26.7 Å². The highest BCUT2D eigenvalue weighted by atomic mass is 14.2. The first-order chi connectivity index (χ1) is 3.79. The van der Waals surface area contributed by atoms with Crippen molar-refractivity contribution in [1.82, 2.24) is 0 Å². The largest absolute Gasteiger partial charge is 0.0622 e.